The minimum Gasteiger partial charge on any atom is -0.493 e. The standard InChI is InChI=1S/C25H29F3N4O5S/c1-2-38(33,34)19-5-7-23(37-16-25(26,27)28)22(15-19)31-24-20-6-4-18(14-21(20)29-17-30-24)36-11-3-8-32-9-12-35-13-10-32/h4-7,14-15,17H,2-3,8-13,16H2,1H3,(H,29,30,31). The number of hydrogen-bond acceptors (Lipinski definition) is 9. The van der Waals surface area contributed by atoms with E-state index in [0.29, 0.717) is 23.3 Å². The van der Waals surface area contributed by atoms with Gasteiger partial charge in [0.15, 0.2) is 16.4 Å². The van der Waals surface area contributed by atoms with Gasteiger partial charge in [0.05, 0.1) is 41.7 Å². The van der Waals surface area contributed by atoms with Crippen molar-refractivity contribution in [2.75, 3.05) is 57.1 Å². The van der Waals surface area contributed by atoms with Gasteiger partial charge in [-0.1, -0.05) is 6.92 Å². The van der Waals surface area contributed by atoms with Gasteiger partial charge in [-0.3, -0.25) is 4.90 Å². The summed E-state index contributed by atoms with van der Waals surface area (Å²) in [4.78, 5) is 10.8. The Hall–Kier alpha value is -3.16. The Kier molecular flexibility index (Phi) is 8.90. The van der Waals surface area contributed by atoms with E-state index >= 15 is 0 Å². The Morgan fingerprint density at radius 1 is 1.08 bits per heavy atom. The molecule has 1 fully saturated rings. The van der Waals surface area contributed by atoms with Crippen molar-refractivity contribution in [2.24, 2.45) is 0 Å². The SMILES string of the molecule is CCS(=O)(=O)c1ccc(OCC(F)(F)F)c(Nc2ncnc3cc(OCCCN4CCOCC4)ccc23)c1. The summed E-state index contributed by atoms with van der Waals surface area (Å²) < 4.78 is 79.3. The highest BCUT2D eigenvalue weighted by Gasteiger charge is 2.29. The number of aromatic nitrogens is 2. The number of fused-ring (bicyclic) bond motifs is 1. The number of nitrogens with zero attached hydrogens (tertiary/aromatic N) is 3. The normalized spacial score (nSPS) is 14.9. The summed E-state index contributed by atoms with van der Waals surface area (Å²) in [7, 11) is -3.62. The lowest BCUT2D eigenvalue weighted by Gasteiger charge is -2.26. The smallest absolute Gasteiger partial charge is 0.422 e. The first-order chi connectivity index (χ1) is 18.1. The Morgan fingerprint density at radius 2 is 1.87 bits per heavy atom. The van der Waals surface area contributed by atoms with Gasteiger partial charge in [-0.2, -0.15) is 13.2 Å². The molecule has 3 aromatic rings. The molecule has 2 aromatic carbocycles. The van der Waals surface area contributed by atoms with Crippen molar-refractivity contribution in [3.63, 3.8) is 0 Å². The number of ether oxygens (including phenoxy) is 3. The van der Waals surface area contributed by atoms with Crippen LogP contribution in [0.15, 0.2) is 47.6 Å². The quantitative estimate of drug-likeness (QED) is 0.349. The predicted octanol–water partition coefficient (Wildman–Crippen LogP) is 4.21. The average Bonchev–Trinajstić information content (AvgIpc) is 2.90. The molecular weight excluding hydrogens is 525 g/mol. The van der Waals surface area contributed by atoms with Crippen LogP contribution in [-0.4, -0.2) is 81.3 Å². The second-order valence-corrected chi connectivity index (χ2v) is 10.9. The molecule has 0 bridgehead atoms. The van der Waals surface area contributed by atoms with E-state index in [1.54, 1.807) is 18.2 Å². The number of alkyl halides is 3. The van der Waals surface area contributed by atoms with Crippen molar-refractivity contribution in [1.29, 1.82) is 0 Å². The molecule has 206 valence electrons. The van der Waals surface area contributed by atoms with Gasteiger partial charge in [-0.25, -0.2) is 18.4 Å². The van der Waals surface area contributed by atoms with Crippen LogP contribution in [0.2, 0.25) is 0 Å². The maximum Gasteiger partial charge on any atom is 0.422 e. The summed E-state index contributed by atoms with van der Waals surface area (Å²) in [6.45, 7) is 4.72. The van der Waals surface area contributed by atoms with Crippen LogP contribution in [0.25, 0.3) is 10.9 Å². The summed E-state index contributed by atoms with van der Waals surface area (Å²) in [6.07, 6.45) is -2.41. The van der Waals surface area contributed by atoms with E-state index in [9.17, 15) is 21.6 Å². The fraction of sp³-hybridized carbons (Fsp3) is 0.440. The minimum atomic E-state index is -4.56. The molecule has 0 spiro atoms. The van der Waals surface area contributed by atoms with E-state index in [1.807, 2.05) is 0 Å². The first-order valence-electron chi connectivity index (χ1n) is 12.2. The molecule has 2 heterocycles. The van der Waals surface area contributed by atoms with E-state index in [4.69, 9.17) is 14.2 Å². The molecule has 1 N–H and O–H groups in total. The molecule has 0 amide bonds. The van der Waals surface area contributed by atoms with E-state index in [0.717, 1.165) is 39.3 Å². The second kappa shape index (κ2) is 12.1. The number of hydrogen-bond donors (Lipinski definition) is 1. The highest BCUT2D eigenvalue weighted by molar-refractivity contribution is 7.91. The van der Waals surface area contributed by atoms with Gasteiger partial charge in [-0.05, 0) is 36.8 Å². The molecule has 0 radical (unpaired) electrons. The van der Waals surface area contributed by atoms with Crippen LogP contribution in [-0.2, 0) is 14.6 Å². The van der Waals surface area contributed by atoms with Crippen molar-refractivity contribution < 1.29 is 35.8 Å². The number of rotatable bonds is 11. The molecule has 38 heavy (non-hydrogen) atoms. The van der Waals surface area contributed by atoms with Crippen LogP contribution in [0.1, 0.15) is 13.3 Å². The Balaban J connectivity index is 1.52. The number of halogens is 3. The second-order valence-electron chi connectivity index (χ2n) is 8.65. The van der Waals surface area contributed by atoms with Crippen LogP contribution in [0.5, 0.6) is 11.5 Å². The molecule has 4 rings (SSSR count). The van der Waals surface area contributed by atoms with Crippen molar-refractivity contribution in [2.45, 2.75) is 24.4 Å². The highest BCUT2D eigenvalue weighted by atomic mass is 32.2. The first-order valence-corrected chi connectivity index (χ1v) is 13.8. The van der Waals surface area contributed by atoms with Crippen LogP contribution < -0.4 is 14.8 Å². The molecule has 1 aromatic heterocycles. The lowest BCUT2D eigenvalue weighted by molar-refractivity contribution is -0.153. The molecule has 0 saturated carbocycles. The average molecular weight is 555 g/mol. The number of sulfone groups is 1. The maximum atomic E-state index is 12.8. The largest absolute Gasteiger partial charge is 0.493 e. The molecule has 1 saturated heterocycles. The van der Waals surface area contributed by atoms with Crippen LogP contribution in [0.3, 0.4) is 0 Å². The van der Waals surface area contributed by atoms with Gasteiger partial charge >= 0.3 is 6.18 Å². The summed E-state index contributed by atoms with van der Waals surface area (Å²) >= 11 is 0. The Morgan fingerprint density at radius 3 is 2.61 bits per heavy atom. The molecular formula is C25H29F3N4O5S. The van der Waals surface area contributed by atoms with Gasteiger partial charge in [0, 0.05) is 31.1 Å². The molecule has 0 atom stereocenters. The van der Waals surface area contributed by atoms with E-state index in [2.05, 4.69) is 20.2 Å². The zero-order chi connectivity index (χ0) is 27.2. The van der Waals surface area contributed by atoms with Gasteiger partial charge in [0.25, 0.3) is 0 Å². The monoisotopic (exact) mass is 554 g/mol. The zero-order valence-electron chi connectivity index (χ0n) is 20.8. The summed E-state index contributed by atoms with van der Waals surface area (Å²) in [6, 6.07) is 8.89. The van der Waals surface area contributed by atoms with Crippen molar-refractivity contribution in [1.82, 2.24) is 14.9 Å². The van der Waals surface area contributed by atoms with E-state index in [-0.39, 0.29) is 27.9 Å². The number of nitrogens with one attached hydrogen (secondary N) is 1. The van der Waals surface area contributed by atoms with E-state index in [1.165, 1.54) is 31.5 Å². The van der Waals surface area contributed by atoms with Gasteiger partial charge in [0.2, 0.25) is 0 Å². The number of benzene rings is 2. The molecule has 9 nitrogen and oxygen atoms in total. The minimum absolute atomic E-state index is 0.0345. The van der Waals surface area contributed by atoms with Crippen LogP contribution in [0, 0.1) is 0 Å². The van der Waals surface area contributed by atoms with Crippen LogP contribution in [0.4, 0.5) is 24.7 Å². The molecule has 0 unspecified atom stereocenters. The third-order valence-corrected chi connectivity index (χ3v) is 7.67. The lowest BCUT2D eigenvalue weighted by Crippen LogP contribution is -2.37. The number of morpholine rings is 1. The lowest BCUT2D eigenvalue weighted by atomic mass is 10.2. The fourth-order valence-electron chi connectivity index (χ4n) is 3.91. The third-order valence-electron chi connectivity index (χ3n) is 5.93. The topological polar surface area (TPSA) is 103 Å². The van der Waals surface area contributed by atoms with E-state index < -0.39 is 22.6 Å². The van der Waals surface area contributed by atoms with Crippen molar-refractivity contribution in [3.05, 3.63) is 42.7 Å². The molecule has 1 aliphatic heterocycles. The summed E-state index contributed by atoms with van der Waals surface area (Å²) in [5.41, 5.74) is 0.579. The summed E-state index contributed by atoms with van der Waals surface area (Å²) in [5, 5.41) is 3.50. The van der Waals surface area contributed by atoms with Crippen molar-refractivity contribution >= 4 is 32.2 Å². The van der Waals surface area contributed by atoms with Gasteiger partial charge in [-0.15, -0.1) is 0 Å². The maximum absolute atomic E-state index is 12.8. The van der Waals surface area contributed by atoms with Gasteiger partial charge in [0.1, 0.15) is 23.6 Å². The Bertz CT molecular complexity index is 1350. The van der Waals surface area contributed by atoms with Crippen LogP contribution >= 0.6 is 0 Å². The zero-order valence-corrected chi connectivity index (χ0v) is 21.6. The van der Waals surface area contributed by atoms with Crippen molar-refractivity contribution in [3.8, 4) is 11.5 Å². The van der Waals surface area contributed by atoms with Gasteiger partial charge < -0.3 is 19.5 Å². The number of anilines is 2. The molecule has 1 aliphatic rings. The molecule has 0 aliphatic carbocycles. The molecule has 13 heteroatoms. The highest BCUT2D eigenvalue weighted by Crippen LogP contribution is 2.34. The summed E-state index contributed by atoms with van der Waals surface area (Å²) in [5.74, 6) is 0.566. The fourth-order valence-corrected chi connectivity index (χ4v) is 4.82. The predicted molar refractivity (Wildman–Crippen MR) is 136 cm³/mol. The first kappa shape index (κ1) is 27.9. The third kappa shape index (κ3) is 7.45. The Labute approximate surface area is 218 Å².